The average Bonchev–Trinajstić information content (AvgIpc) is 3.07. The van der Waals surface area contributed by atoms with Crippen LogP contribution in [0.15, 0.2) is 46.0 Å². The van der Waals surface area contributed by atoms with E-state index >= 15 is 0 Å². The van der Waals surface area contributed by atoms with Crippen LogP contribution in [0.25, 0.3) is 0 Å². The molecular formula is C18H18BrClFN5OS. The maximum absolute atomic E-state index is 13.2. The van der Waals surface area contributed by atoms with Crippen molar-refractivity contribution in [1.82, 2.24) is 25.5 Å². The molecule has 10 heteroatoms. The van der Waals surface area contributed by atoms with Gasteiger partial charge in [0.1, 0.15) is 18.2 Å². The Morgan fingerprint density at radius 2 is 2.11 bits per heavy atom. The van der Waals surface area contributed by atoms with Crippen molar-refractivity contribution in [2.45, 2.75) is 18.3 Å². The highest BCUT2D eigenvalue weighted by atomic mass is 79.9. The van der Waals surface area contributed by atoms with E-state index in [0.29, 0.717) is 11.6 Å². The Kier molecular flexibility index (Phi) is 7.66. The Hall–Kier alpha value is -1.68. The fraction of sp³-hybridized carbons (Fsp3) is 0.278. The van der Waals surface area contributed by atoms with Crippen LogP contribution in [0, 0.1) is 5.82 Å². The maximum atomic E-state index is 13.2. The number of nitrogens with zero attached hydrogens (tertiary/aromatic N) is 4. The molecule has 2 aromatic carbocycles. The van der Waals surface area contributed by atoms with Crippen molar-refractivity contribution in [1.29, 1.82) is 0 Å². The summed E-state index contributed by atoms with van der Waals surface area (Å²) in [4.78, 5) is 0. The lowest BCUT2D eigenvalue weighted by molar-refractivity contribution is 0.302. The third-order valence-corrected chi connectivity index (χ3v) is 5.68. The molecule has 0 fully saturated rings. The van der Waals surface area contributed by atoms with Crippen LogP contribution in [-0.4, -0.2) is 32.5 Å². The highest BCUT2D eigenvalue weighted by Gasteiger charge is 2.08. The molecule has 0 amide bonds. The predicted octanol–water partition coefficient (Wildman–Crippen LogP) is 4.23. The SMILES string of the molecule is Cn1nnnc1SCCNCc1cc(Br)ccc1OCc1ccc(F)cc1Cl. The first kappa shape index (κ1) is 21.0. The van der Waals surface area contributed by atoms with E-state index in [9.17, 15) is 4.39 Å². The van der Waals surface area contributed by atoms with Crippen molar-refractivity contribution < 1.29 is 9.13 Å². The smallest absolute Gasteiger partial charge is 0.209 e. The molecular weight excluding hydrogens is 469 g/mol. The van der Waals surface area contributed by atoms with Crippen molar-refractivity contribution >= 4 is 39.3 Å². The van der Waals surface area contributed by atoms with Gasteiger partial charge in [-0.05, 0) is 40.8 Å². The fourth-order valence-electron chi connectivity index (χ4n) is 2.40. The van der Waals surface area contributed by atoms with E-state index in [-0.39, 0.29) is 12.4 Å². The van der Waals surface area contributed by atoms with Crippen molar-refractivity contribution in [2.24, 2.45) is 7.05 Å². The van der Waals surface area contributed by atoms with Gasteiger partial charge < -0.3 is 10.1 Å². The second-order valence-corrected chi connectivity index (χ2v) is 8.27. The highest BCUT2D eigenvalue weighted by Crippen LogP contribution is 2.26. The summed E-state index contributed by atoms with van der Waals surface area (Å²) in [5.74, 6) is 1.22. The Morgan fingerprint density at radius 3 is 2.86 bits per heavy atom. The van der Waals surface area contributed by atoms with Gasteiger partial charge in [-0.15, -0.1) is 5.10 Å². The molecule has 3 aromatic rings. The lowest BCUT2D eigenvalue weighted by atomic mass is 10.2. The number of thioether (sulfide) groups is 1. The number of hydrogen-bond donors (Lipinski definition) is 1. The Balaban J connectivity index is 1.54. The Labute approximate surface area is 179 Å². The number of tetrazole rings is 1. The van der Waals surface area contributed by atoms with E-state index in [2.05, 4.69) is 36.8 Å². The molecule has 0 bridgehead atoms. The molecule has 28 heavy (non-hydrogen) atoms. The summed E-state index contributed by atoms with van der Waals surface area (Å²) in [6.45, 7) is 1.69. The second-order valence-electron chi connectivity index (χ2n) is 5.89. The molecule has 1 aromatic heterocycles. The molecule has 0 saturated carbocycles. The standard InChI is InChI=1S/C18H18BrClFN5OS/c1-26-18(23-24-25-26)28-7-6-22-10-13-8-14(19)3-5-17(13)27-11-12-2-4-15(21)9-16(12)20/h2-5,8-9,22H,6-7,10-11H2,1H3. The number of hydrogen-bond acceptors (Lipinski definition) is 6. The largest absolute Gasteiger partial charge is 0.489 e. The summed E-state index contributed by atoms with van der Waals surface area (Å²) in [6.07, 6.45) is 0. The molecule has 0 atom stereocenters. The van der Waals surface area contributed by atoms with Gasteiger partial charge in [0.05, 0.1) is 5.02 Å². The normalized spacial score (nSPS) is 11.0. The number of halogens is 3. The summed E-state index contributed by atoms with van der Waals surface area (Å²) in [6, 6.07) is 10.1. The van der Waals surface area contributed by atoms with Crippen LogP contribution in [-0.2, 0) is 20.2 Å². The van der Waals surface area contributed by atoms with Crippen LogP contribution in [0.1, 0.15) is 11.1 Å². The van der Waals surface area contributed by atoms with Crippen LogP contribution >= 0.6 is 39.3 Å². The van der Waals surface area contributed by atoms with Crippen molar-refractivity contribution in [3.05, 3.63) is 62.8 Å². The zero-order valence-corrected chi connectivity index (χ0v) is 18.2. The second kappa shape index (κ2) is 10.2. The number of aromatic nitrogens is 4. The quantitative estimate of drug-likeness (QED) is 0.361. The van der Waals surface area contributed by atoms with Gasteiger partial charge in [0.2, 0.25) is 5.16 Å². The van der Waals surface area contributed by atoms with Crippen LogP contribution in [0.4, 0.5) is 4.39 Å². The molecule has 3 rings (SSSR count). The molecule has 6 nitrogen and oxygen atoms in total. The maximum Gasteiger partial charge on any atom is 0.209 e. The van der Waals surface area contributed by atoms with Gasteiger partial charge >= 0.3 is 0 Å². The van der Waals surface area contributed by atoms with Gasteiger partial charge in [0, 0.05) is 41.5 Å². The molecule has 1 N–H and O–H groups in total. The lowest BCUT2D eigenvalue weighted by Crippen LogP contribution is -2.17. The number of aryl methyl sites for hydroxylation is 1. The summed E-state index contributed by atoms with van der Waals surface area (Å²) < 4.78 is 21.7. The first-order valence-electron chi connectivity index (χ1n) is 8.44. The summed E-state index contributed by atoms with van der Waals surface area (Å²) in [7, 11) is 1.81. The summed E-state index contributed by atoms with van der Waals surface area (Å²) >= 11 is 11.2. The molecule has 0 aliphatic heterocycles. The van der Waals surface area contributed by atoms with E-state index < -0.39 is 0 Å². The van der Waals surface area contributed by atoms with E-state index in [1.807, 2.05) is 25.2 Å². The molecule has 148 valence electrons. The van der Waals surface area contributed by atoms with Crippen molar-refractivity contribution in [3.63, 3.8) is 0 Å². The average molecular weight is 487 g/mol. The minimum absolute atomic E-state index is 0.267. The number of rotatable bonds is 9. The fourth-order valence-corrected chi connectivity index (χ4v) is 3.78. The number of ether oxygens (including phenoxy) is 1. The third-order valence-electron chi connectivity index (χ3n) is 3.83. The zero-order chi connectivity index (χ0) is 19.9. The summed E-state index contributed by atoms with van der Waals surface area (Å²) in [5, 5.41) is 15.9. The van der Waals surface area contributed by atoms with Crippen LogP contribution < -0.4 is 10.1 Å². The van der Waals surface area contributed by atoms with E-state index in [4.69, 9.17) is 16.3 Å². The topological polar surface area (TPSA) is 64.9 Å². The van der Waals surface area contributed by atoms with Crippen LogP contribution in [0.5, 0.6) is 5.75 Å². The Bertz CT molecular complexity index is 942. The minimum atomic E-state index is -0.364. The van der Waals surface area contributed by atoms with E-state index in [1.54, 1.807) is 22.5 Å². The van der Waals surface area contributed by atoms with E-state index in [1.165, 1.54) is 12.1 Å². The van der Waals surface area contributed by atoms with Gasteiger partial charge in [-0.1, -0.05) is 45.4 Å². The molecule has 0 aliphatic carbocycles. The van der Waals surface area contributed by atoms with Crippen LogP contribution in [0.3, 0.4) is 0 Å². The number of nitrogens with one attached hydrogen (secondary N) is 1. The van der Waals surface area contributed by atoms with Crippen LogP contribution in [0.2, 0.25) is 5.02 Å². The zero-order valence-electron chi connectivity index (χ0n) is 15.0. The molecule has 0 saturated heterocycles. The van der Waals surface area contributed by atoms with Crippen molar-refractivity contribution in [3.8, 4) is 5.75 Å². The summed E-state index contributed by atoms with van der Waals surface area (Å²) in [5.41, 5.74) is 1.75. The molecule has 0 spiro atoms. The van der Waals surface area contributed by atoms with Crippen molar-refractivity contribution in [2.75, 3.05) is 12.3 Å². The van der Waals surface area contributed by atoms with E-state index in [0.717, 1.165) is 38.8 Å². The number of benzene rings is 2. The monoisotopic (exact) mass is 485 g/mol. The van der Waals surface area contributed by atoms with Gasteiger partial charge in [-0.25, -0.2) is 9.07 Å². The molecule has 0 unspecified atom stereocenters. The minimum Gasteiger partial charge on any atom is -0.489 e. The predicted molar refractivity (Wildman–Crippen MR) is 111 cm³/mol. The third kappa shape index (κ3) is 5.91. The lowest BCUT2D eigenvalue weighted by Gasteiger charge is -2.13. The first-order valence-corrected chi connectivity index (χ1v) is 10.6. The molecule has 0 radical (unpaired) electrons. The molecule has 0 aliphatic rings. The Morgan fingerprint density at radius 1 is 1.25 bits per heavy atom. The van der Waals surface area contributed by atoms with Gasteiger partial charge in [0.25, 0.3) is 0 Å². The first-order chi connectivity index (χ1) is 13.5. The van der Waals surface area contributed by atoms with Gasteiger partial charge in [-0.3, -0.25) is 0 Å². The molecule has 1 heterocycles. The van der Waals surface area contributed by atoms with Gasteiger partial charge in [-0.2, -0.15) is 0 Å². The van der Waals surface area contributed by atoms with Gasteiger partial charge in [0.15, 0.2) is 0 Å². The highest BCUT2D eigenvalue weighted by molar-refractivity contribution is 9.10.